The van der Waals surface area contributed by atoms with Gasteiger partial charge in [0.05, 0.1) is 12.1 Å². The van der Waals surface area contributed by atoms with Crippen LogP contribution in [0.15, 0.2) is 11.1 Å². The second-order valence-corrected chi connectivity index (χ2v) is 5.54. The predicted octanol–water partition coefficient (Wildman–Crippen LogP) is 1.49. The Hall–Kier alpha value is -1.16. The minimum atomic E-state index is -1.02. The summed E-state index contributed by atoms with van der Waals surface area (Å²) in [5.74, 6) is -0.249. The van der Waals surface area contributed by atoms with Crippen molar-refractivity contribution >= 4 is 11.8 Å². The molecule has 0 aromatic carbocycles. The summed E-state index contributed by atoms with van der Waals surface area (Å²) in [5.41, 5.74) is -0.0598. The monoisotopic (exact) mass is 239 g/mol. The summed E-state index contributed by atoms with van der Waals surface area (Å²) in [7, 11) is 0. The fourth-order valence-corrected chi connectivity index (χ4v) is 2.25. The molecule has 17 heavy (non-hydrogen) atoms. The molecule has 0 spiro atoms. The van der Waals surface area contributed by atoms with Crippen molar-refractivity contribution in [3.8, 4) is 0 Å². The van der Waals surface area contributed by atoms with Gasteiger partial charge in [0.15, 0.2) is 0 Å². The highest BCUT2D eigenvalue weighted by Crippen LogP contribution is 2.24. The summed E-state index contributed by atoms with van der Waals surface area (Å²) in [6.07, 6.45) is 0.558. The summed E-state index contributed by atoms with van der Waals surface area (Å²) in [6, 6.07) is 0. The fraction of sp³-hybridized carbons (Fsp3) is 0.692. The van der Waals surface area contributed by atoms with Gasteiger partial charge >= 0.3 is 0 Å². The predicted molar refractivity (Wildman–Crippen MR) is 65.2 cm³/mol. The maximum Gasteiger partial charge on any atom is 0.256 e. The molecule has 0 aliphatic carbocycles. The molecule has 1 N–H and O–H groups in total. The fourth-order valence-electron chi connectivity index (χ4n) is 2.25. The Labute approximate surface area is 102 Å². The largest absolute Gasteiger partial charge is 0.388 e. The third kappa shape index (κ3) is 2.94. The number of rotatable bonds is 4. The van der Waals surface area contributed by atoms with Crippen LogP contribution in [0.2, 0.25) is 0 Å². The van der Waals surface area contributed by atoms with Gasteiger partial charge < -0.3 is 5.11 Å². The van der Waals surface area contributed by atoms with E-state index in [1.54, 1.807) is 20.8 Å². The van der Waals surface area contributed by atoms with E-state index in [9.17, 15) is 14.7 Å². The molecular weight excluding hydrogens is 218 g/mol. The van der Waals surface area contributed by atoms with Crippen LogP contribution in [0.1, 0.15) is 41.0 Å². The third-order valence-electron chi connectivity index (χ3n) is 3.04. The molecular formula is C13H21NO3. The highest BCUT2D eigenvalue weighted by molar-refractivity contribution is 6.18. The van der Waals surface area contributed by atoms with Gasteiger partial charge in [0.1, 0.15) is 0 Å². The van der Waals surface area contributed by atoms with E-state index < -0.39 is 5.60 Å². The molecule has 1 atom stereocenters. The van der Waals surface area contributed by atoms with Gasteiger partial charge in [-0.2, -0.15) is 0 Å². The quantitative estimate of drug-likeness (QED) is 0.756. The van der Waals surface area contributed by atoms with Crippen LogP contribution in [0.25, 0.3) is 0 Å². The van der Waals surface area contributed by atoms with Crippen LogP contribution >= 0.6 is 0 Å². The van der Waals surface area contributed by atoms with Crippen LogP contribution < -0.4 is 0 Å². The lowest BCUT2D eigenvalue weighted by Gasteiger charge is -2.29. The van der Waals surface area contributed by atoms with Crippen LogP contribution in [-0.2, 0) is 9.59 Å². The molecule has 4 heteroatoms. The summed E-state index contributed by atoms with van der Waals surface area (Å²) in [4.78, 5) is 24.8. The Kier molecular flexibility index (Phi) is 3.77. The number of hydrogen-bond donors (Lipinski definition) is 1. The standard InChI is InChI=1S/C13H21NO3/c1-8(2)6-13(5,17)7-14-11(15)9(3)10(4)12(14)16/h8,17H,6-7H2,1-5H3. The normalized spacial score (nSPS) is 20.5. The first kappa shape index (κ1) is 13.9. The van der Waals surface area contributed by atoms with Gasteiger partial charge in [0.25, 0.3) is 11.8 Å². The van der Waals surface area contributed by atoms with Crippen molar-refractivity contribution in [1.29, 1.82) is 0 Å². The maximum atomic E-state index is 11.8. The molecule has 1 rings (SSSR count). The lowest BCUT2D eigenvalue weighted by Crippen LogP contribution is -2.45. The van der Waals surface area contributed by atoms with Crippen molar-refractivity contribution in [2.24, 2.45) is 5.92 Å². The van der Waals surface area contributed by atoms with E-state index in [1.165, 1.54) is 0 Å². The minimum Gasteiger partial charge on any atom is -0.388 e. The number of amides is 2. The average Bonchev–Trinajstić information content (AvgIpc) is 2.33. The summed E-state index contributed by atoms with van der Waals surface area (Å²) < 4.78 is 0. The highest BCUT2D eigenvalue weighted by atomic mass is 16.3. The van der Waals surface area contributed by atoms with Crippen molar-refractivity contribution in [3.63, 3.8) is 0 Å². The lowest BCUT2D eigenvalue weighted by molar-refractivity contribution is -0.141. The molecule has 0 radical (unpaired) electrons. The number of imide groups is 1. The van der Waals surface area contributed by atoms with Crippen LogP contribution in [0.5, 0.6) is 0 Å². The number of hydrogen-bond acceptors (Lipinski definition) is 3. The molecule has 1 unspecified atom stereocenters. The Bertz CT molecular complexity index is 356. The first-order valence-electron chi connectivity index (χ1n) is 5.92. The zero-order valence-electron chi connectivity index (χ0n) is 11.2. The van der Waals surface area contributed by atoms with Gasteiger partial charge in [-0.1, -0.05) is 13.8 Å². The lowest BCUT2D eigenvalue weighted by atomic mass is 9.94. The van der Waals surface area contributed by atoms with E-state index >= 15 is 0 Å². The Morgan fingerprint density at radius 3 is 1.94 bits per heavy atom. The Morgan fingerprint density at radius 1 is 1.18 bits per heavy atom. The topological polar surface area (TPSA) is 57.6 Å². The summed E-state index contributed by atoms with van der Waals surface area (Å²) in [5, 5.41) is 10.2. The van der Waals surface area contributed by atoms with Crippen LogP contribution in [0.4, 0.5) is 0 Å². The second-order valence-electron chi connectivity index (χ2n) is 5.54. The first-order chi connectivity index (χ1) is 7.65. The zero-order chi connectivity index (χ0) is 13.4. The Morgan fingerprint density at radius 2 is 1.59 bits per heavy atom. The van der Waals surface area contributed by atoms with E-state index in [0.717, 1.165) is 4.90 Å². The van der Waals surface area contributed by atoms with Gasteiger partial charge in [-0.15, -0.1) is 0 Å². The molecule has 0 saturated heterocycles. The number of carbonyl (C=O) groups excluding carboxylic acids is 2. The van der Waals surface area contributed by atoms with Gasteiger partial charge in [-0.3, -0.25) is 14.5 Å². The molecule has 1 heterocycles. The number of β-amino-alcohol motifs (C(OH)–C–C–N with tert-alkyl or cyclic N) is 1. The van der Waals surface area contributed by atoms with Crippen molar-refractivity contribution in [2.75, 3.05) is 6.54 Å². The molecule has 96 valence electrons. The van der Waals surface area contributed by atoms with Crippen molar-refractivity contribution in [2.45, 2.75) is 46.6 Å². The smallest absolute Gasteiger partial charge is 0.256 e. The molecule has 4 nitrogen and oxygen atoms in total. The number of aliphatic hydroxyl groups is 1. The van der Waals surface area contributed by atoms with Gasteiger partial charge in [0.2, 0.25) is 0 Å². The molecule has 0 aromatic heterocycles. The highest BCUT2D eigenvalue weighted by Gasteiger charge is 2.37. The molecule has 2 amide bonds. The van der Waals surface area contributed by atoms with Crippen molar-refractivity contribution < 1.29 is 14.7 Å². The molecule has 0 bridgehead atoms. The molecule has 0 aromatic rings. The van der Waals surface area contributed by atoms with Gasteiger partial charge in [-0.05, 0) is 33.1 Å². The number of nitrogens with zero attached hydrogens (tertiary/aromatic N) is 1. The van der Waals surface area contributed by atoms with Gasteiger partial charge in [0, 0.05) is 11.1 Å². The van der Waals surface area contributed by atoms with Crippen LogP contribution in [0.3, 0.4) is 0 Å². The maximum absolute atomic E-state index is 11.8. The Balaban J connectivity index is 2.79. The molecule has 0 fully saturated rings. The van der Waals surface area contributed by atoms with E-state index in [2.05, 4.69) is 0 Å². The van der Waals surface area contributed by atoms with Gasteiger partial charge in [-0.25, -0.2) is 0 Å². The molecule has 1 aliphatic heterocycles. The van der Waals surface area contributed by atoms with E-state index in [4.69, 9.17) is 0 Å². The van der Waals surface area contributed by atoms with E-state index in [-0.39, 0.29) is 18.4 Å². The van der Waals surface area contributed by atoms with Crippen molar-refractivity contribution in [1.82, 2.24) is 4.90 Å². The van der Waals surface area contributed by atoms with Crippen molar-refractivity contribution in [3.05, 3.63) is 11.1 Å². The third-order valence-corrected chi connectivity index (χ3v) is 3.04. The molecule has 0 saturated carbocycles. The van der Waals surface area contributed by atoms with E-state index in [0.29, 0.717) is 23.5 Å². The average molecular weight is 239 g/mol. The van der Waals surface area contributed by atoms with Crippen LogP contribution in [0, 0.1) is 5.92 Å². The molecule has 1 aliphatic rings. The second kappa shape index (κ2) is 4.61. The minimum absolute atomic E-state index is 0.0670. The number of carbonyl (C=O) groups is 2. The van der Waals surface area contributed by atoms with Crippen LogP contribution in [-0.4, -0.2) is 34.0 Å². The SMILES string of the molecule is CC1=C(C)C(=O)N(CC(C)(O)CC(C)C)C1=O. The summed E-state index contributed by atoms with van der Waals surface area (Å²) >= 11 is 0. The zero-order valence-corrected chi connectivity index (χ0v) is 11.2. The van der Waals surface area contributed by atoms with E-state index in [1.807, 2.05) is 13.8 Å². The first-order valence-corrected chi connectivity index (χ1v) is 5.92. The summed E-state index contributed by atoms with van der Waals surface area (Å²) in [6.45, 7) is 9.02.